The van der Waals surface area contributed by atoms with Crippen LogP contribution in [0, 0.1) is 11.3 Å². The van der Waals surface area contributed by atoms with Gasteiger partial charge in [-0.3, -0.25) is 14.4 Å². The Balaban J connectivity index is 4.59. The van der Waals surface area contributed by atoms with Crippen LogP contribution in [0.2, 0.25) is 0 Å². The molecule has 1 atom stereocenters. The van der Waals surface area contributed by atoms with Gasteiger partial charge in [-0.2, -0.15) is 0 Å². The lowest BCUT2D eigenvalue weighted by molar-refractivity contribution is -0.147. The van der Waals surface area contributed by atoms with E-state index in [1.54, 1.807) is 20.8 Å². The minimum Gasteiger partial charge on any atom is -0.480 e. The van der Waals surface area contributed by atoms with Crippen LogP contribution in [0.25, 0.3) is 0 Å². The van der Waals surface area contributed by atoms with Crippen molar-refractivity contribution in [1.29, 1.82) is 0 Å². The van der Waals surface area contributed by atoms with Crippen LogP contribution in [-0.4, -0.2) is 45.3 Å². The quantitative estimate of drug-likeness (QED) is 0.814. The summed E-state index contributed by atoms with van der Waals surface area (Å²) < 4.78 is 0. The summed E-state index contributed by atoms with van der Waals surface area (Å²) >= 11 is 1.13. The highest BCUT2D eigenvalue weighted by molar-refractivity contribution is 8.13. The SMILES string of the molecule is CC(CSC(=O)C(C)(C)C)C(=O)N(CC(=O)O)C(C)C. The zero-order valence-electron chi connectivity index (χ0n) is 13.1. The van der Waals surface area contributed by atoms with Crippen molar-refractivity contribution in [2.45, 2.75) is 47.6 Å². The Bertz CT molecular complexity index is 374. The summed E-state index contributed by atoms with van der Waals surface area (Å²) in [4.78, 5) is 36.2. The van der Waals surface area contributed by atoms with Gasteiger partial charge in [-0.1, -0.05) is 39.5 Å². The Morgan fingerprint density at radius 2 is 1.65 bits per heavy atom. The van der Waals surface area contributed by atoms with Crippen LogP contribution in [-0.2, 0) is 14.4 Å². The van der Waals surface area contributed by atoms with Gasteiger partial charge in [0.1, 0.15) is 6.54 Å². The first-order valence-corrected chi connectivity index (χ1v) is 7.64. The summed E-state index contributed by atoms with van der Waals surface area (Å²) in [7, 11) is 0. The average molecular weight is 303 g/mol. The molecule has 0 aromatic heterocycles. The van der Waals surface area contributed by atoms with Gasteiger partial charge < -0.3 is 10.0 Å². The highest BCUT2D eigenvalue weighted by Crippen LogP contribution is 2.25. The van der Waals surface area contributed by atoms with Crippen molar-refractivity contribution in [2.24, 2.45) is 11.3 Å². The third-order valence-electron chi connectivity index (χ3n) is 2.71. The maximum Gasteiger partial charge on any atom is 0.323 e. The fraction of sp³-hybridized carbons (Fsp3) is 0.786. The molecule has 1 unspecified atom stereocenters. The third kappa shape index (κ3) is 6.41. The van der Waals surface area contributed by atoms with Gasteiger partial charge in [0, 0.05) is 23.1 Å². The second kappa shape index (κ2) is 7.67. The number of carbonyl (C=O) groups is 3. The number of hydrogen-bond donors (Lipinski definition) is 1. The van der Waals surface area contributed by atoms with Gasteiger partial charge in [-0.15, -0.1) is 0 Å². The molecule has 0 bridgehead atoms. The van der Waals surface area contributed by atoms with Crippen LogP contribution in [0.3, 0.4) is 0 Å². The minimum atomic E-state index is -1.03. The first-order valence-electron chi connectivity index (χ1n) is 6.66. The number of carboxylic acid groups (broad SMARTS) is 1. The molecule has 0 aliphatic rings. The summed E-state index contributed by atoms with van der Waals surface area (Å²) in [6.07, 6.45) is 0. The van der Waals surface area contributed by atoms with Gasteiger partial charge >= 0.3 is 5.97 Å². The van der Waals surface area contributed by atoms with Crippen LogP contribution in [0.4, 0.5) is 0 Å². The van der Waals surface area contributed by atoms with E-state index in [-0.39, 0.29) is 29.5 Å². The van der Waals surface area contributed by atoms with E-state index in [2.05, 4.69) is 0 Å². The van der Waals surface area contributed by atoms with Crippen LogP contribution < -0.4 is 0 Å². The van der Waals surface area contributed by atoms with Gasteiger partial charge in [-0.05, 0) is 13.8 Å². The average Bonchev–Trinajstić information content (AvgIpc) is 2.29. The highest BCUT2D eigenvalue weighted by atomic mass is 32.2. The van der Waals surface area contributed by atoms with Gasteiger partial charge in [0.2, 0.25) is 5.91 Å². The number of carboxylic acids is 1. The van der Waals surface area contributed by atoms with Crippen LogP contribution in [0.15, 0.2) is 0 Å². The Hall–Kier alpha value is -1.04. The second-order valence-electron chi connectivity index (χ2n) is 6.20. The summed E-state index contributed by atoms with van der Waals surface area (Å²) in [6, 6.07) is -0.177. The molecule has 0 saturated carbocycles. The molecule has 0 rings (SSSR count). The number of nitrogens with zero attached hydrogens (tertiary/aromatic N) is 1. The highest BCUT2D eigenvalue weighted by Gasteiger charge is 2.27. The molecule has 0 aromatic carbocycles. The Morgan fingerprint density at radius 1 is 1.15 bits per heavy atom. The summed E-state index contributed by atoms with van der Waals surface area (Å²) in [5.41, 5.74) is -0.438. The van der Waals surface area contributed by atoms with Crippen molar-refractivity contribution in [3.05, 3.63) is 0 Å². The molecule has 0 heterocycles. The fourth-order valence-corrected chi connectivity index (χ4v) is 2.41. The van der Waals surface area contributed by atoms with E-state index in [0.717, 1.165) is 11.8 Å². The van der Waals surface area contributed by atoms with Crippen molar-refractivity contribution in [3.8, 4) is 0 Å². The smallest absolute Gasteiger partial charge is 0.323 e. The van der Waals surface area contributed by atoms with E-state index >= 15 is 0 Å². The molecule has 0 aromatic rings. The predicted octanol–water partition coefficient (Wildman–Crippen LogP) is 2.25. The second-order valence-corrected chi connectivity index (χ2v) is 7.20. The lowest BCUT2D eigenvalue weighted by Gasteiger charge is -2.28. The number of carbonyl (C=O) groups excluding carboxylic acids is 2. The van der Waals surface area contributed by atoms with E-state index in [0.29, 0.717) is 5.75 Å². The van der Waals surface area contributed by atoms with Crippen LogP contribution in [0.5, 0.6) is 0 Å². The molecule has 20 heavy (non-hydrogen) atoms. The largest absolute Gasteiger partial charge is 0.480 e. The van der Waals surface area contributed by atoms with Crippen molar-refractivity contribution < 1.29 is 19.5 Å². The monoisotopic (exact) mass is 303 g/mol. The molecule has 6 heteroatoms. The number of aliphatic carboxylic acids is 1. The standard InChI is InChI=1S/C14H25NO4S/c1-9(2)15(7-11(16)17)12(18)10(3)8-20-13(19)14(4,5)6/h9-10H,7-8H2,1-6H3,(H,16,17). The normalized spacial score (nSPS) is 13.2. The van der Waals surface area contributed by atoms with E-state index in [1.165, 1.54) is 4.90 Å². The number of thioether (sulfide) groups is 1. The van der Waals surface area contributed by atoms with Gasteiger partial charge in [0.25, 0.3) is 0 Å². The van der Waals surface area contributed by atoms with Crippen LogP contribution in [0.1, 0.15) is 41.5 Å². The van der Waals surface area contributed by atoms with Crippen molar-refractivity contribution in [2.75, 3.05) is 12.3 Å². The zero-order chi connectivity index (χ0) is 16.1. The Kier molecular flexibility index (Phi) is 7.27. The van der Waals surface area contributed by atoms with Crippen LogP contribution >= 0.6 is 11.8 Å². The fourth-order valence-electron chi connectivity index (χ4n) is 1.43. The molecule has 0 aliphatic heterocycles. The third-order valence-corrected chi connectivity index (χ3v) is 4.25. The van der Waals surface area contributed by atoms with E-state index < -0.39 is 11.4 Å². The van der Waals surface area contributed by atoms with Crippen molar-refractivity contribution in [3.63, 3.8) is 0 Å². The molecule has 0 saturated heterocycles. The molecule has 1 N–H and O–H groups in total. The zero-order valence-corrected chi connectivity index (χ0v) is 13.9. The number of hydrogen-bond acceptors (Lipinski definition) is 4. The molecule has 0 fully saturated rings. The molecule has 0 spiro atoms. The first-order chi connectivity index (χ1) is 8.96. The molecule has 116 valence electrons. The molecule has 0 aliphatic carbocycles. The lowest BCUT2D eigenvalue weighted by atomic mass is 10.00. The van der Waals surface area contributed by atoms with E-state index in [1.807, 2.05) is 20.8 Å². The summed E-state index contributed by atoms with van der Waals surface area (Å²) in [6.45, 7) is 10.5. The van der Waals surface area contributed by atoms with Crippen molar-refractivity contribution in [1.82, 2.24) is 4.90 Å². The first kappa shape index (κ1) is 19.0. The van der Waals surface area contributed by atoms with E-state index in [9.17, 15) is 14.4 Å². The maximum absolute atomic E-state index is 12.2. The van der Waals surface area contributed by atoms with Crippen molar-refractivity contribution >= 4 is 28.8 Å². The number of amides is 1. The Morgan fingerprint density at radius 3 is 2.00 bits per heavy atom. The molecule has 0 radical (unpaired) electrons. The topological polar surface area (TPSA) is 74.7 Å². The molecular formula is C14H25NO4S. The summed E-state index contributed by atoms with van der Waals surface area (Å²) in [5, 5.41) is 8.87. The summed E-state index contributed by atoms with van der Waals surface area (Å²) in [5.74, 6) is -1.26. The predicted molar refractivity (Wildman–Crippen MR) is 80.6 cm³/mol. The lowest BCUT2D eigenvalue weighted by Crippen LogP contribution is -2.44. The molecule has 1 amide bonds. The maximum atomic E-state index is 12.2. The van der Waals surface area contributed by atoms with E-state index in [4.69, 9.17) is 5.11 Å². The van der Waals surface area contributed by atoms with Gasteiger partial charge in [0.15, 0.2) is 5.12 Å². The molecule has 5 nitrogen and oxygen atoms in total. The Labute approximate surface area is 125 Å². The minimum absolute atomic E-state index is 0.0338. The van der Waals surface area contributed by atoms with Gasteiger partial charge in [-0.25, -0.2) is 0 Å². The number of rotatable bonds is 6. The molecular weight excluding hydrogens is 278 g/mol. The van der Waals surface area contributed by atoms with Gasteiger partial charge in [0.05, 0.1) is 0 Å².